The number of hydrogen-bond acceptors (Lipinski definition) is 4. The first-order chi connectivity index (χ1) is 9.21. The molecule has 1 unspecified atom stereocenters. The first kappa shape index (κ1) is 16.2. The summed E-state index contributed by atoms with van der Waals surface area (Å²) in [6.07, 6.45) is -0.698. The van der Waals surface area contributed by atoms with E-state index in [1.165, 1.54) is 18.9 Å². The summed E-state index contributed by atoms with van der Waals surface area (Å²) >= 11 is 0. The van der Waals surface area contributed by atoms with Gasteiger partial charge in [0.2, 0.25) is 5.91 Å². The molecule has 8 heteroatoms. The van der Waals surface area contributed by atoms with Crippen molar-refractivity contribution in [3.63, 3.8) is 0 Å². The summed E-state index contributed by atoms with van der Waals surface area (Å²) in [6.45, 7) is 3.62. The number of likely N-dealkylation sites (tertiary alicyclic amines) is 1. The van der Waals surface area contributed by atoms with Crippen molar-refractivity contribution in [2.75, 3.05) is 20.1 Å². The predicted octanol–water partition coefficient (Wildman–Crippen LogP) is -1.01. The van der Waals surface area contributed by atoms with Crippen molar-refractivity contribution < 1.29 is 24.6 Å². The van der Waals surface area contributed by atoms with E-state index in [-0.39, 0.29) is 12.5 Å². The molecule has 0 aromatic carbocycles. The molecule has 1 heterocycles. The van der Waals surface area contributed by atoms with Crippen LogP contribution in [0.1, 0.15) is 20.3 Å². The highest BCUT2D eigenvalue weighted by molar-refractivity contribution is 5.86. The minimum absolute atomic E-state index is 0.155. The fourth-order valence-electron chi connectivity index (χ4n) is 2.23. The van der Waals surface area contributed by atoms with Gasteiger partial charge in [-0.2, -0.15) is 0 Å². The van der Waals surface area contributed by atoms with Crippen molar-refractivity contribution in [1.29, 1.82) is 0 Å². The molecule has 1 rings (SSSR count). The van der Waals surface area contributed by atoms with Crippen molar-refractivity contribution in [3.05, 3.63) is 0 Å². The molecule has 4 N–H and O–H groups in total. The van der Waals surface area contributed by atoms with Crippen LogP contribution in [-0.4, -0.2) is 65.3 Å². The van der Waals surface area contributed by atoms with Gasteiger partial charge in [-0.15, -0.1) is 0 Å². The zero-order chi connectivity index (χ0) is 15.5. The van der Waals surface area contributed by atoms with Crippen LogP contribution in [0, 0.1) is 5.41 Å². The molecule has 0 radical (unpaired) electrons. The van der Waals surface area contributed by atoms with Gasteiger partial charge in [0.05, 0.1) is 11.5 Å². The van der Waals surface area contributed by atoms with Gasteiger partial charge < -0.3 is 25.7 Å². The van der Waals surface area contributed by atoms with Gasteiger partial charge in [-0.25, -0.2) is 9.59 Å². The third-order valence-corrected chi connectivity index (χ3v) is 3.56. The summed E-state index contributed by atoms with van der Waals surface area (Å²) in [6, 6.07) is -1.96. The summed E-state index contributed by atoms with van der Waals surface area (Å²) < 4.78 is 0. The summed E-state index contributed by atoms with van der Waals surface area (Å²) in [5.74, 6) is -1.46. The van der Waals surface area contributed by atoms with E-state index in [0.29, 0.717) is 13.0 Å². The molecule has 8 nitrogen and oxygen atoms in total. The van der Waals surface area contributed by atoms with Gasteiger partial charge in [0.1, 0.15) is 0 Å². The van der Waals surface area contributed by atoms with Crippen LogP contribution < -0.4 is 10.6 Å². The second-order valence-electron chi connectivity index (χ2n) is 5.32. The zero-order valence-corrected chi connectivity index (χ0v) is 11.8. The number of hydrogen-bond donors (Lipinski definition) is 4. The maximum Gasteiger partial charge on any atom is 0.328 e. The Hall–Kier alpha value is -1.83. The van der Waals surface area contributed by atoms with Crippen LogP contribution in [0.2, 0.25) is 0 Å². The van der Waals surface area contributed by atoms with Crippen molar-refractivity contribution in [1.82, 2.24) is 15.5 Å². The lowest BCUT2D eigenvalue weighted by molar-refractivity contribution is -0.141. The minimum atomic E-state index is -1.37. The first-order valence-corrected chi connectivity index (χ1v) is 6.40. The third kappa shape index (κ3) is 3.38. The van der Waals surface area contributed by atoms with E-state index in [9.17, 15) is 19.5 Å². The average molecular weight is 287 g/mol. The molecule has 1 fully saturated rings. The fourth-order valence-corrected chi connectivity index (χ4v) is 2.23. The van der Waals surface area contributed by atoms with Crippen molar-refractivity contribution in [2.24, 2.45) is 5.41 Å². The lowest BCUT2D eigenvalue weighted by Gasteiger charge is -2.25. The van der Waals surface area contributed by atoms with Gasteiger partial charge in [-0.1, -0.05) is 0 Å². The standard InChI is InChI=1S/C12H21N3O5/c1-7(16)8(9(17)18)14-11(20)15-5-4-12(2,6-15)10(19)13-3/h7-8,16H,4-6H2,1-3H3,(H,13,19)(H,14,20)(H,17,18)/t7-,8+,12?/m1/s1. The molecule has 3 atom stereocenters. The first-order valence-electron chi connectivity index (χ1n) is 6.40. The number of carboxylic acids is 1. The number of rotatable bonds is 4. The molecule has 1 aliphatic rings. The van der Waals surface area contributed by atoms with Gasteiger partial charge >= 0.3 is 12.0 Å². The molecule has 0 spiro atoms. The third-order valence-electron chi connectivity index (χ3n) is 3.56. The summed E-state index contributed by atoms with van der Waals surface area (Å²) in [4.78, 5) is 36.0. The number of carboxylic acid groups (broad SMARTS) is 1. The highest BCUT2D eigenvalue weighted by Crippen LogP contribution is 2.29. The van der Waals surface area contributed by atoms with Crippen molar-refractivity contribution >= 4 is 17.9 Å². The van der Waals surface area contributed by atoms with E-state index in [1.807, 2.05) is 0 Å². The van der Waals surface area contributed by atoms with Gasteiger partial charge in [0.15, 0.2) is 6.04 Å². The molecule has 0 aromatic rings. The predicted molar refractivity (Wildman–Crippen MR) is 70.0 cm³/mol. The number of aliphatic carboxylic acids is 1. The second kappa shape index (κ2) is 6.08. The number of nitrogens with zero attached hydrogens (tertiary/aromatic N) is 1. The number of nitrogens with one attached hydrogen (secondary N) is 2. The van der Waals surface area contributed by atoms with Crippen LogP contribution >= 0.6 is 0 Å². The van der Waals surface area contributed by atoms with Crippen LogP contribution in [0.15, 0.2) is 0 Å². The van der Waals surface area contributed by atoms with E-state index in [2.05, 4.69) is 10.6 Å². The number of carbonyl (C=O) groups is 3. The number of carbonyl (C=O) groups excluding carboxylic acids is 2. The summed E-state index contributed by atoms with van der Waals surface area (Å²) in [7, 11) is 1.53. The largest absolute Gasteiger partial charge is 0.480 e. The molecule has 1 aliphatic heterocycles. The normalized spacial score (nSPS) is 24.9. The van der Waals surface area contributed by atoms with Crippen molar-refractivity contribution in [3.8, 4) is 0 Å². The lowest BCUT2D eigenvalue weighted by Crippen LogP contribution is -2.52. The molecular weight excluding hydrogens is 266 g/mol. The van der Waals surface area contributed by atoms with Gasteiger partial charge in [-0.05, 0) is 20.3 Å². The minimum Gasteiger partial charge on any atom is -0.480 e. The summed E-state index contributed by atoms with van der Waals surface area (Å²) in [5, 5.41) is 23.0. The molecule has 20 heavy (non-hydrogen) atoms. The van der Waals surface area contributed by atoms with Crippen molar-refractivity contribution in [2.45, 2.75) is 32.4 Å². The Bertz CT molecular complexity index is 412. The van der Waals surface area contributed by atoms with Crippen LogP contribution in [0.25, 0.3) is 0 Å². The molecule has 3 amide bonds. The number of aliphatic hydroxyl groups is 1. The number of amides is 3. The Balaban J connectivity index is 2.67. The molecule has 0 aliphatic carbocycles. The van der Waals surface area contributed by atoms with E-state index in [1.54, 1.807) is 6.92 Å². The Morgan fingerprint density at radius 1 is 1.35 bits per heavy atom. The van der Waals surface area contributed by atoms with Gasteiger partial charge in [0, 0.05) is 20.1 Å². The SMILES string of the molecule is CNC(=O)C1(C)CCN(C(=O)N[C@H](C(=O)O)[C@@H](C)O)C1. The maximum absolute atomic E-state index is 12.0. The summed E-state index contributed by atoms with van der Waals surface area (Å²) in [5.41, 5.74) is -0.671. The molecule has 114 valence electrons. The van der Waals surface area contributed by atoms with Crippen LogP contribution in [-0.2, 0) is 9.59 Å². The quantitative estimate of drug-likeness (QED) is 0.528. The molecular formula is C12H21N3O5. The van der Waals surface area contributed by atoms with Crippen LogP contribution in [0.4, 0.5) is 4.79 Å². The second-order valence-corrected chi connectivity index (χ2v) is 5.32. The average Bonchev–Trinajstić information content (AvgIpc) is 2.77. The van der Waals surface area contributed by atoms with E-state index < -0.39 is 29.6 Å². The zero-order valence-electron chi connectivity index (χ0n) is 11.8. The van der Waals surface area contributed by atoms with Gasteiger partial charge in [0.25, 0.3) is 0 Å². The lowest BCUT2D eigenvalue weighted by atomic mass is 9.89. The van der Waals surface area contributed by atoms with Crippen LogP contribution in [0.3, 0.4) is 0 Å². The van der Waals surface area contributed by atoms with E-state index in [0.717, 1.165) is 0 Å². The smallest absolute Gasteiger partial charge is 0.328 e. The molecule has 1 saturated heterocycles. The molecule has 0 aromatic heterocycles. The Morgan fingerprint density at radius 3 is 2.40 bits per heavy atom. The fraction of sp³-hybridized carbons (Fsp3) is 0.750. The molecule has 0 saturated carbocycles. The van der Waals surface area contributed by atoms with Gasteiger partial charge in [-0.3, -0.25) is 4.79 Å². The molecule has 0 bridgehead atoms. The monoisotopic (exact) mass is 287 g/mol. The number of urea groups is 1. The van der Waals surface area contributed by atoms with E-state index in [4.69, 9.17) is 5.11 Å². The Kier molecular flexibility index (Phi) is 4.93. The Morgan fingerprint density at radius 2 is 1.95 bits per heavy atom. The van der Waals surface area contributed by atoms with E-state index >= 15 is 0 Å². The topological polar surface area (TPSA) is 119 Å². The number of aliphatic hydroxyl groups excluding tert-OH is 1. The Labute approximate surface area is 117 Å². The van der Waals surface area contributed by atoms with Crippen LogP contribution in [0.5, 0.6) is 0 Å². The maximum atomic E-state index is 12.0. The highest BCUT2D eigenvalue weighted by Gasteiger charge is 2.42. The highest BCUT2D eigenvalue weighted by atomic mass is 16.4.